The zero-order valence-electron chi connectivity index (χ0n) is 12.1. The molecule has 0 saturated carbocycles. The lowest BCUT2D eigenvalue weighted by Gasteiger charge is -2.08. The number of ether oxygens (including phenoxy) is 1. The van der Waals surface area contributed by atoms with Crippen LogP contribution in [0.25, 0.3) is 5.69 Å². The number of aromatic nitrogens is 2. The standard InChI is InChI=1S/C17H14ClN3O2/c18-13-1-7-16(8-2-13)23-11-17(22)20-14-3-5-15(6-4-14)21-10-9-19-12-21/h1-10,12H,11H2,(H,20,22). The van der Waals surface area contributed by atoms with Crippen molar-refractivity contribution in [3.8, 4) is 11.4 Å². The third-order valence-corrected chi connectivity index (χ3v) is 3.39. The molecule has 0 atom stereocenters. The molecule has 3 aromatic rings. The first-order valence-electron chi connectivity index (χ1n) is 6.97. The molecule has 0 bridgehead atoms. The predicted molar refractivity (Wildman–Crippen MR) is 89.1 cm³/mol. The molecule has 0 aliphatic rings. The molecule has 0 aliphatic heterocycles. The second-order valence-electron chi connectivity index (χ2n) is 4.81. The van der Waals surface area contributed by atoms with Gasteiger partial charge in [0.15, 0.2) is 6.61 Å². The predicted octanol–water partition coefficient (Wildman–Crippen LogP) is 3.54. The van der Waals surface area contributed by atoms with Gasteiger partial charge in [-0.3, -0.25) is 4.79 Å². The van der Waals surface area contributed by atoms with Crippen LogP contribution in [0.2, 0.25) is 5.02 Å². The molecule has 1 aromatic heterocycles. The number of hydrogen-bond donors (Lipinski definition) is 1. The average molecular weight is 328 g/mol. The van der Waals surface area contributed by atoms with Crippen LogP contribution in [0, 0.1) is 0 Å². The van der Waals surface area contributed by atoms with E-state index in [1.807, 2.05) is 35.0 Å². The summed E-state index contributed by atoms with van der Waals surface area (Å²) >= 11 is 5.79. The van der Waals surface area contributed by atoms with Gasteiger partial charge in [0.1, 0.15) is 5.75 Å². The SMILES string of the molecule is O=C(COc1ccc(Cl)cc1)Nc1ccc(-n2ccnc2)cc1. The van der Waals surface area contributed by atoms with Crippen molar-refractivity contribution in [2.75, 3.05) is 11.9 Å². The van der Waals surface area contributed by atoms with Gasteiger partial charge < -0.3 is 14.6 Å². The van der Waals surface area contributed by atoms with Crippen molar-refractivity contribution >= 4 is 23.2 Å². The number of benzene rings is 2. The summed E-state index contributed by atoms with van der Waals surface area (Å²) < 4.78 is 7.28. The minimum absolute atomic E-state index is 0.0646. The Morgan fingerprint density at radius 1 is 1.13 bits per heavy atom. The number of halogens is 1. The molecule has 0 fully saturated rings. The van der Waals surface area contributed by atoms with Crippen molar-refractivity contribution in [3.05, 3.63) is 72.3 Å². The molecule has 1 amide bonds. The van der Waals surface area contributed by atoms with Crippen LogP contribution in [0.4, 0.5) is 5.69 Å². The summed E-state index contributed by atoms with van der Waals surface area (Å²) in [5.41, 5.74) is 1.68. The van der Waals surface area contributed by atoms with Gasteiger partial charge in [0.2, 0.25) is 0 Å². The number of hydrogen-bond acceptors (Lipinski definition) is 3. The zero-order valence-corrected chi connectivity index (χ0v) is 12.9. The number of carbonyl (C=O) groups is 1. The lowest BCUT2D eigenvalue weighted by atomic mass is 10.2. The fourth-order valence-corrected chi connectivity index (χ4v) is 2.13. The highest BCUT2D eigenvalue weighted by Crippen LogP contribution is 2.16. The first kappa shape index (κ1) is 15.1. The summed E-state index contributed by atoms with van der Waals surface area (Å²) in [5.74, 6) is 0.371. The van der Waals surface area contributed by atoms with Crippen molar-refractivity contribution in [2.24, 2.45) is 0 Å². The number of imidazole rings is 1. The second-order valence-corrected chi connectivity index (χ2v) is 5.24. The molecule has 1 heterocycles. The topological polar surface area (TPSA) is 56.1 Å². The van der Waals surface area contributed by atoms with Gasteiger partial charge in [-0.2, -0.15) is 0 Å². The van der Waals surface area contributed by atoms with Gasteiger partial charge in [0.05, 0.1) is 6.33 Å². The molecule has 6 heteroatoms. The Kier molecular flexibility index (Phi) is 4.59. The molecule has 0 aliphatic carbocycles. The molecular formula is C17H14ClN3O2. The molecule has 0 spiro atoms. The Morgan fingerprint density at radius 3 is 2.52 bits per heavy atom. The van der Waals surface area contributed by atoms with Gasteiger partial charge in [-0.1, -0.05) is 11.6 Å². The van der Waals surface area contributed by atoms with Crippen LogP contribution in [-0.2, 0) is 4.79 Å². The molecule has 5 nitrogen and oxygen atoms in total. The van der Waals surface area contributed by atoms with E-state index < -0.39 is 0 Å². The summed E-state index contributed by atoms with van der Waals surface area (Å²) in [6, 6.07) is 14.3. The monoisotopic (exact) mass is 327 g/mol. The third kappa shape index (κ3) is 4.11. The molecule has 0 unspecified atom stereocenters. The van der Waals surface area contributed by atoms with Crippen LogP contribution in [0.15, 0.2) is 67.3 Å². The van der Waals surface area contributed by atoms with Crippen molar-refractivity contribution in [1.82, 2.24) is 9.55 Å². The highest BCUT2D eigenvalue weighted by atomic mass is 35.5. The van der Waals surface area contributed by atoms with E-state index in [2.05, 4.69) is 10.3 Å². The summed E-state index contributed by atoms with van der Waals surface area (Å²) in [6.45, 7) is -0.0646. The number of anilines is 1. The van der Waals surface area contributed by atoms with Crippen molar-refractivity contribution < 1.29 is 9.53 Å². The van der Waals surface area contributed by atoms with Crippen LogP contribution in [0.3, 0.4) is 0 Å². The van der Waals surface area contributed by atoms with E-state index in [0.717, 1.165) is 5.69 Å². The minimum Gasteiger partial charge on any atom is -0.484 e. The highest BCUT2D eigenvalue weighted by molar-refractivity contribution is 6.30. The van der Waals surface area contributed by atoms with Gasteiger partial charge in [-0.05, 0) is 48.5 Å². The van der Waals surface area contributed by atoms with Crippen molar-refractivity contribution in [3.63, 3.8) is 0 Å². The molecule has 3 rings (SSSR count). The van der Waals surface area contributed by atoms with E-state index in [1.54, 1.807) is 36.8 Å². The summed E-state index contributed by atoms with van der Waals surface area (Å²) in [6.07, 6.45) is 5.28. The van der Waals surface area contributed by atoms with Gasteiger partial charge >= 0.3 is 0 Å². The number of amides is 1. The van der Waals surface area contributed by atoms with Gasteiger partial charge in [-0.15, -0.1) is 0 Å². The summed E-state index contributed by atoms with van der Waals surface area (Å²) in [7, 11) is 0. The molecule has 116 valence electrons. The maximum Gasteiger partial charge on any atom is 0.262 e. The minimum atomic E-state index is -0.227. The molecule has 0 radical (unpaired) electrons. The zero-order chi connectivity index (χ0) is 16.1. The van der Waals surface area contributed by atoms with Crippen LogP contribution >= 0.6 is 11.6 Å². The van der Waals surface area contributed by atoms with Crippen molar-refractivity contribution in [1.29, 1.82) is 0 Å². The number of nitrogens with one attached hydrogen (secondary N) is 1. The number of nitrogens with zero attached hydrogens (tertiary/aromatic N) is 2. The Labute approximate surface area is 138 Å². The summed E-state index contributed by atoms with van der Waals surface area (Å²) in [4.78, 5) is 15.9. The fourth-order valence-electron chi connectivity index (χ4n) is 2.01. The van der Waals surface area contributed by atoms with Gasteiger partial charge in [-0.25, -0.2) is 4.98 Å². The smallest absolute Gasteiger partial charge is 0.262 e. The molecular weight excluding hydrogens is 314 g/mol. The van der Waals surface area contributed by atoms with E-state index in [1.165, 1.54) is 0 Å². The van der Waals surface area contributed by atoms with E-state index in [4.69, 9.17) is 16.3 Å². The maximum atomic E-state index is 11.9. The molecule has 1 N–H and O–H groups in total. The van der Waals surface area contributed by atoms with Crippen LogP contribution in [0.5, 0.6) is 5.75 Å². The quantitative estimate of drug-likeness (QED) is 0.779. The number of rotatable bonds is 5. The lowest BCUT2D eigenvalue weighted by Crippen LogP contribution is -2.20. The van der Waals surface area contributed by atoms with E-state index in [0.29, 0.717) is 16.5 Å². The summed E-state index contributed by atoms with van der Waals surface area (Å²) in [5, 5.41) is 3.41. The largest absolute Gasteiger partial charge is 0.484 e. The Hall–Kier alpha value is -2.79. The Bertz CT molecular complexity index is 769. The van der Waals surface area contributed by atoms with E-state index in [9.17, 15) is 4.79 Å². The normalized spacial score (nSPS) is 10.3. The van der Waals surface area contributed by atoms with E-state index >= 15 is 0 Å². The molecule has 23 heavy (non-hydrogen) atoms. The van der Waals surface area contributed by atoms with Crippen LogP contribution in [0.1, 0.15) is 0 Å². The Balaban J connectivity index is 1.54. The average Bonchev–Trinajstić information content (AvgIpc) is 3.09. The molecule has 0 saturated heterocycles. The maximum absolute atomic E-state index is 11.9. The van der Waals surface area contributed by atoms with E-state index in [-0.39, 0.29) is 12.5 Å². The van der Waals surface area contributed by atoms with Gasteiger partial charge in [0, 0.05) is 28.8 Å². The van der Waals surface area contributed by atoms with Gasteiger partial charge in [0.25, 0.3) is 5.91 Å². The number of carbonyl (C=O) groups excluding carboxylic acids is 1. The first-order chi connectivity index (χ1) is 11.2. The molecule has 2 aromatic carbocycles. The van der Waals surface area contributed by atoms with Crippen LogP contribution in [-0.4, -0.2) is 22.1 Å². The second kappa shape index (κ2) is 6.98. The van der Waals surface area contributed by atoms with Crippen LogP contribution < -0.4 is 10.1 Å². The Morgan fingerprint density at radius 2 is 1.87 bits per heavy atom. The third-order valence-electron chi connectivity index (χ3n) is 3.14. The van der Waals surface area contributed by atoms with Crippen molar-refractivity contribution in [2.45, 2.75) is 0 Å². The first-order valence-corrected chi connectivity index (χ1v) is 7.35. The fraction of sp³-hybridized carbons (Fsp3) is 0.0588. The highest BCUT2D eigenvalue weighted by Gasteiger charge is 2.04. The lowest BCUT2D eigenvalue weighted by molar-refractivity contribution is -0.118.